The molecule has 1 amide bonds. The summed E-state index contributed by atoms with van der Waals surface area (Å²) in [6, 6.07) is 5.18. The van der Waals surface area contributed by atoms with Crippen molar-refractivity contribution in [3.63, 3.8) is 0 Å². The fourth-order valence-corrected chi connectivity index (χ4v) is 2.63. The van der Waals surface area contributed by atoms with Crippen LogP contribution in [0.15, 0.2) is 18.2 Å². The molecule has 0 radical (unpaired) electrons. The van der Waals surface area contributed by atoms with Gasteiger partial charge in [0, 0.05) is 18.7 Å². The summed E-state index contributed by atoms with van der Waals surface area (Å²) in [5, 5.41) is 2.91. The van der Waals surface area contributed by atoms with Crippen molar-refractivity contribution in [2.45, 2.75) is 39.7 Å². The zero-order chi connectivity index (χ0) is 16.2. The van der Waals surface area contributed by atoms with Crippen molar-refractivity contribution in [3.05, 3.63) is 29.3 Å². The van der Waals surface area contributed by atoms with Crippen LogP contribution in [0.2, 0.25) is 0 Å². The molecule has 1 aromatic carbocycles. The van der Waals surface area contributed by atoms with E-state index in [1.807, 2.05) is 13.8 Å². The molecule has 118 valence electrons. The predicted molar refractivity (Wildman–Crippen MR) is 86.3 cm³/mol. The molecule has 6 heteroatoms. The van der Waals surface area contributed by atoms with Gasteiger partial charge in [-0.25, -0.2) is 8.42 Å². The molecule has 0 saturated heterocycles. The van der Waals surface area contributed by atoms with Crippen LogP contribution in [0.3, 0.4) is 0 Å². The number of carbonyl (C=O) groups excluding carboxylic acids is 1. The topological polar surface area (TPSA) is 66.5 Å². The van der Waals surface area contributed by atoms with Crippen molar-refractivity contribution in [2.75, 3.05) is 17.6 Å². The molecule has 0 saturated carbocycles. The van der Waals surface area contributed by atoms with E-state index in [1.165, 1.54) is 11.4 Å². The van der Waals surface area contributed by atoms with Crippen molar-refractivity contribution < 1.29 is 13.2 Å². The van der Waals surface area contributed by atoms with Gasteiger partial charge in [-0.1, -0.05) is 19.4 Å². The Hall–Kier alpha value is -1.56. The maximum atomic E-state index is 12.2. The summed E-state index contributed by atoms with van der Waals surface area (Å²) in [5.41, 5.74) is 1.79. The second kappa shape index (κ2) is 6.93. The van der Waals surface area contributed by atoms with E-state index in [0.29, 0.717) is 11.3 Å². The number of nitrogens with one attached hydrogen (secondary N) is 1. The number of hydrogen-bond donors (Lipinski definition) is 1. The molecule has 0 fully saturated rings. The Kier molecular flexibility index (Phi) is 5.78. The lowest BCUT2D eigenvalue weighted by Crippen LogP contribution is -2.32. The number of anilines is 1. The molecule has 0 unspecified atom stereocenters. The monoisotopic (exact) mass is 312 g/mol. The van der Waals surface area contributed by atoms with Crippen LogP contribution in [0.5, 0.6) is 0 Å². The Labute approximate surface area is 127 Å². The minimum Gasteiger partial charge on any atom is -0.350 e. The van der Waals surface area contributed by atoms with Crippen molar-refractivity contribution >= 4 is 21.6 Å². The first-order valence-corrected chi connectivity index (χ1v) is 8.87. The van der Waals surface area contributed by atoms with E-state index in [1.54, 1.807) is 18.2 Å². The third-order valence-electron chi connectivity index (χ3n) is 3.41. The summed E-state index contributed by atoms with van der Waals surface area (Å²) in [6.45, 7) is 5.84. The quantitative estimate of drug-likeness (QED) is 0.876. The molecule has 1 aromatic rings. The number of rotatable bonds is 6. The second-order valence-electron chi connectivity index (χ2n) is 5.39. The first kappa shape index (κ1) is 17.5. The minimum absolute atomic E-state index is 0.0971. The molecule has 5 nitrogen and oxygen atoms in total. The predicted octanol–water partition coefficient (Wildman–Crippen LogP) is 2.31. The van der Waals surface area contributed by atoms with Gasteiger partial charge < -0.3 is 5.32 Å². The molecular formula is C15H24N2O3S. The van der Waals surface area contributed by atoms with E-state index in [9.17, 15) is 13.2 Å². The van der Waals surface area contributed by atoms with Gasteiger partial charge in [-0.05, 0) is 38.0 Å². The van der Waals surface area contributed by atoms with Crippen molar-refractivity contribution in [1.29, 1.82) is 0 Å². The summed E-state index contributed by atoms with van der Waals surface area (Å²) in [6.07, 6.45) is 3.05. The fourth-order valence-electron chi connectivity index (χ4n) is 2.08. The van der Waals surface area contributed by atoms with Crippen LogP contribution in [0.25, 0.3) is 0 Å². The summed E-state index contributed by atoms with van der Waals surface area (Å²) in [4.78, 5) is 12.2. The molecule has 0 heterocycles. The number of amides is 1. The lowest BCUT2D eigenvalue weighted by atomic mass is 10.1. The van der Waals surface area contributed by atoms with Crippen LogP contribution < -0.4 is 9.62 Å². The van der Waals surface area contributed by atoms with E-state index in [2.05, 4.69) is 12.2 Å². The van der Waals surface area contributed by atoms with Crippen molar-refractivity contribution in [3.8, 4) is 0 Å². The molecule has 0 bridgehead atoms. The third-order valence-corrected chi connectivity index (χ3v) is 4.60. The van der Waals surface area contributed by atoms with Gasteiger partial charge in [0.1, 0.15) is 0 Å². The van der Waals surface area contributed by atoms with Gasteiger partial charge in [-0.15, -0.1) is 0 Å². The zero-order valence-corrected chi connectivity index (χ0v) is 14.1. The van der Waals surface area contributed by atoms with Gasteiger partial charge in [-0.2, -0.15) is 0 Å². The van der Waals surface area contributed by atoms with Crippen LogP contribution in [0.1, 0.15) is 42.6 Å². The van der Waals surface area contributed by atoms with E-state index in [0.717, 1.165) is 24.7 Å². The van der Waals surface area contributed by atoms with Gasteiger partial charge in [0.2, 0.25) is 10.0 Å². The molecule has 0 spiro atoms. The zero-order valence-electron chi connectivity index (χ0n) is 13.3. The molecular weight excluding hydrogens is 288 g/mol. The van der Waals surface area contributed by atoms with Crippen LogP contribution in [0.4, 0.5) is 5.69 Å². The van der Waals surface area contributed by atoms with Crippen LogP contribution in [-0.4, -0.2) is 33.7 Å². The van der Waals surface area contributed by atoms with Gasteiger partial charge in [0.25, 0.3) is 5.91 Å². The number of nitrogens with zero attached hydrogens (tertiary/aromatic N) is 1. The average Bonchev–Trinajstić information content (AvgIpc) is 2.37. The summed E-state index contributed by atoms with van der Waals surface area (Å²) in [5.74, 6) is -0.181. The van der Waals surface area contributed by atoms with Crippen LogP contribution in [0, 0.1) is 6.92 Å². The molecule has 1 N–H and O–H groups in total. The number of carbonyl (C=O) groups is 1. The van der Waals surface area contributed by atoms with Gasteiger partial charge in [-0.3, -0.25) is 9.10 Å². The highest BCUT2D eigenvalue weighted by Crippen LogP contribution is 2.22. The first-order chi connectivity index (χ1) is 9.66. The molecule has 0 aromatic heterocycles. The Balaban J connectivity index is 3.04. The maximum absolute atomic E-state index is 12.2. The lowest BCUT2D eigenvalue weighted by Gasteiger charge is -2.20. The highest BCUT2D eigenvalue weighted by Gasteiger charge is 2.17. The summed E-state index contributed by atoms with van der Waals surface area (Å²) in [7, 11) is -1.87. The van der Waals surface area contributed by atoms with Gasteiger partial charge >= 0.3 is 0 Å². The summed E-state index contributed by atoms with van der Waals surface area (Å²) < 4.78 is 24.5. The number of aryl methyl sites for hydroxylation is 1. The Morgan fingerprint density at radius 3 is 2.52 bits per heavy atom. The molecule has 1 atom stereocenters. The van der Waals surface area contributed by atoms with Crippen LogP contribution >= 0.6 is 0 Å². The highest BCUT2D eigenvalue weighted by molar-refractivity contribution is 7.92. The maximum Gasteiger partial charge on any atom is 0.251 e. The standard InChI is InChI=1S/C15H24N2O3S/c1-6-7-12(3)16-15(18)13-9-8-11(2)14(10-13)17(4)21(5,19)20/h8-10,12H,6-7H2,1-5H3,(H,16,18)/t12-/m0/s1. The molecule has 21 heavy (non-hydrogen) atoms. The van der Waals surface area contributed by atoms with Gasteiger partial charge in [0.15, 0.2) is 0 Å². The van der Waals surface area contributed by atoms with E-state index < -0.39 is 10.0 Å². The second-order valence-corrected chi connectivity index (χ2v) is 7.41. The van der Waals surface area contributed by atoms with Crippen molar-refractivity contribution in [2.24, 2.45) is 0 Å². The molecule has 0 aliphatic rings. The lowest BCUT2D eigenvalue weighted by molar-refractivity contribution is 0.0938. The summed E-state index contributed by atoms with van der Waals surface area (Å²) >= 11 is 0. The van der Waals surface area contributed by atoms with E-state index in [-0.39, 0.29) is 11.9 Å². The third kappa shape index (κ3) is 4.74. The first-order valence-electron chi connectivity index (χ1n) is 7.02. The minimum atomic E-state index is -3.35. The number of hydrogen-bond acceptors (Lipinski definition) is 3. The Bertz CT molecular complexity index is 611. The van der Waals surface area contributed by atoms with Crippen LogP contribution in [-0.2, 0) is 10.0 Å². The molecule has 0 aliphatic carbocycles. The molecule has 1 rings (SSSR count). The average molecular weight is 312 g/mol. The Morgan fingerprint density at radius 1 is 1.38 bits per heavy atom. The van der Waals surface area contributed by atoms with Crippen molar-refractivity contribution in [1.82, 2.24) is 5.32 Å². The molecule has 0 aliphatic heterocycles. The Morgan fingerprint density at radius 2 is 2.00 bits per heavy atom. The highest BCUT2D eigenvalue weighted by atomic mass is 32.2. The van der Waals surface area contributed by atoms with E-state index >= 15 is 0 Å². The van der Waals surface area contributed by atoms with Gasteiger partial charge in [0.05, 0.1) is 11.9 Å². The number of sulfonamides is 1. The van der Waals surface area contributed by atoms with E-state index in [4.69, 9.17) is 0 Å². The SMILES string of the molecule is CCC[C@H](C)NC(=O)c1ccc(C)c(N(C)S(C)(=O)=O)c1. The normalized spacial score (nSPS) is 12.8. The smallest absolute Gasteiger partial charge is 0.251 e. The number of benzene rings is 1. The fraction of sp³-hybridized carbons (Fsp3) is 0.533. The largest absolute Gasteiger partial charge is 0.350 e.